The molecule has 1 aliphatic heterocycles. The highest BCUT2D eigenvalue weighted by Crippen LogP contribution is 2.27. The third-order valence-electron chi connectivity index (χ3n) is 4.53. The highest BCUT2D eigenvalue weighted by Gasteiger charge is 2.22. The van der Waals surface area contributed by atoms with Crippen LogP contribution in [0.15, 0.2) is 0 Å². The van der Waals surface area contributed by atoms with Crippen LogP contribution in [0.3, 0.4) is 0 Å². The van der Waals surface area contributed by atoms with E-state index in [9.17, 15) is 0 Å². The first-order valence-electron chi connectivity index (χ1n) is 7.93. The number of nitrogens with two attached hydrogens (primary N) is 1. The Balaban J connectivity index is 2.26. The van der Waals surface area contributed by atoms with E-state index in [2.05, 4.69) is 22.0 Å². The fourth-order valence-electron chi connectivity index (χ4n) is 3.19. The quantitative estimate of drug-likeness (QED) is 0.866. The zero-order chi connectivity index (χ0) is 15.4. The molecule has 0 amide bonds. The van der Waals surface area contributed by atoms with Gasteiger partial charge in [0.2, 0.25) is 0 Å². The first-order valence-corrected chi connectivity index (χ1v) is 8.34. The molecule has 1 fully saturated rings. The van der Waals surface area contributed by atoms with E-state index < -0.39 is 0 Å². The van der Waals surface area contributed by atoms with Crippen molar-refractivity contribution in [2.75, 3.05) is 18.0 Å². The Labute approximate surface area is 133 Å². The minimum atomic E-state index is 0.426. The second-order valence-electron chi connectivity index (χ2n) is 6.05. The third-order valence-corrected chi connectivity index (χ3v) is 4.73. The van der Waals surface area contributed by atoms with Gasteiger partial charge in [-0.15, -0.1) is 5.10 Å². The summed E-state index contributed by atoms with van der Waals surface area (Å²) in [6, 6.07) is 0. The predicted octanol–water partition coefficient (Wildman–Crippen LogP) is 3.13. The molecule has 21 heavy (non-hydrogen) atoms. The van der Waals surface area contributed by atoms with Crippen molar-refractivity contribution in [1.29, 1.82) is 0 Å². The van der Waals surface area contributed by atoms with Crippen molar-refractivity contribution in [3.05, 3.63) is 16.8 Å². The number of hydrogen-bond donors (Lipinski definition) is 1. The summed E-state index contributed by atoms with van der Waals surface area (Å²) in [5, 5.41) is 8.68. The molecule has 0 aromatic carbocycles. The molecule has 0 aliphatic carbocycles. The van der Waals surface area contributed by atoms with Crippen molar-refractivity contribution < 1.29 is 0 Å². The third kappa shape index (κ3) is 3.70. The van der Waals surface area contributed by atoms with Gasteiger partial charge in [-0.1, -0.05) is 32.0 Å². The second kappa shape index (κ2) is 7.16. The van der Waals surface area contributed by atoms with E-state index in [1.54, 1.807) is 0 Å². The number of aromatic nitrogens is 2. The molecule has 2 rings (SSSR count). The molecule has 0 saturated carbocycles. The standard InChI is InChI=1S/C16H26N4S/c1-4-6-13-7-5-9-20(10-8-13)16-14(15(17)21)11(2)12(3)18-19-16/h13H,4-10H2,1-3H3,(H2,17,21). The van der Waals surface area contributed by atoms with Crippen LogP contribution >= 0.6 is 12.2 Å². The first kappa shape index (κ1) is 16.1. The lowest BCUT2D eigenvalue weighted by molar-refractivity contribution is 0.435. The van der Waals surface area contributed by atoms with Crippen molar-refractivity contribution in [2.24, 2.45) is 11.7 Å². The maximum atomic E-state index is 5.94. The van der Waals surface area contributed by atoms with Crippen molar-refractivity contribution in [1.82, 2.24) is 10.2 Å². The lowest BCUT2D eigenvalue weighted by Crippen LogP contribution is -2.29. The topological polar surface area (TPSA) is 55.0 Å². The van der Waals surface area contributed by atoms with E-state index >= 15 is 0 Å². The van der Waals surface area contributed by atoms with Crippen LogP contribution in [0.25, 0.3) is 0 Å². The van der Waals surface area contributed by atoms with E-state index in [0.29, 0.717) is 4.99 Å². The Bertz CT molecular complexity index is 515. The number of anilines is 1. The SMILES string of the molecule is CCCC1CCCN(c2nnc(C)c(C)c2C(N)=S)CC1. The monoisotopic (exact) mass is 306 g/mol. The number of nitrogens with zero attached hydrogens (tertiary/aromatic N) is 3. The van der Waals surface area contributed by atoms with Crippen molar-refractivity contribution in [3.63, 3.8) is 0 Å². The summed E-state index contributed by atoms with van der Waals surface area (Å²) in [5.74, 6) is 1.72. The molecule has 0 bridgehead atoms. The van der Waals surface area contributed by atoms with Gasteiger partial charge in [-0.2, -0.15) is 5.10 Å². The minimum Gasteiger partial charge on any atom is -0.389 e. The molecule has 1 atom stereocenters. The van der Waals surface area contributed by atoms with Crippen molar-refractivity contribution >= 4 is 23.0 Å². The van der Waals surface area contributed by atoms with Gasteiger partial charge < -0.3 is 10.6 Å². The molecule has 1 unspecified atom stereocenters. The minimum absolute atomic E-state index is 0.426. The van der Waals surface area contributed by atoms with Gasteiger partial charge in [0.25, 0.3) is 0 Å². The largest absolute Gasteiger partial charge is 0.389 e. The van der Waals surface area contributed by atoms with Crippen LogP contribution in [0.1, 0.15) is 55.8 Å². The molecular formula is C16H26N4S. The highest BCUT2D eigenvalue weighted by molar-refractivity contribution is 7.80. The molecule has 1 aromatic rings. The molecule has 1 aliphatic rings. The molecule has 2 heterocycles. The molecule has 5 heteroatoms. The molecular weight excluding hydrogens is 280 g/mol. The summed E-state index contributed by atoms with van der Waals surface area (Å²) in [4.78, 5) is 2.75. The fourth-order valence-corrected chi connectivity index (χ4v) is 3.43. The first-order chi connectivity index (χ1) is 10.0. The van der Waals surface area contributed by atoms with Gasteiger partial charge in [-0.3, -0.25) is 0 Å². The van der Waals surface area contributed by atoms with Gasteiger partial charge in [0.1, 0.15) is 4.99 Å². The van der Waals surface area contributed by atoms with Crippen LogP contribution < -0.4 is 10.6 Å². The molecule has 0 spiro atoms. The Morgan fingerprint density at radius 2 is 2.05 bits per heavy atom. The predicted molar refractivity (Wildman–Crippen MR) is 91.9 cm³/mol. The van der Waals surface area contributed by atoms with Crippen LogP contribution in [0.4, 0.5) is 5.82 Å². The summed E-state index contributed by atoms with van der Waals surface area (Å²) in [6.45, 7) is 8.29. The Kier molecular flexibility index (Phi) is 5.51. The van der Waals surface area contributed by atoms with Gasteiger partial charge in [0.15, 0.2) is 5.82 Å². The number of rotatable bonds is 4. The van der Waals surface area contributed by atoms with Gasteiger partial charge >= 0.3 is 0 Å². The summed E-state index contributed by atoms with van der Waals surface area (Å²) < 4.78 is 0. The fraction of sp³-hybridized carbons (Fsp3) is 0.688. The van der Waals surface area contributed by atoms with E-state index in [-0.39, 0.29) is 0 Å². The Morgan fingerprint density at radius 3 is 2.71 bits per heavy atom. The van der Waals surface area contributed by atoms with E-state index in [1.165, 1.54) is 32.1 Å². The van der Waals surface area contributed by atoms with Gasteiger partial charge in [-0.25, -0.2) is 0 Å². The molecule has 0 radical (unpaired) electrons. The van der Waals surface area contributed by atoms with Crippen LogP contribution in [0, 0.1) is 19.8 Å². The second-order valence-corrected chi connectivity index (χ2v) is 6.49. The van der Waals surface area contributed by atoms with E-state index in [0.717, 1.165) is 41.6 Å². The van der Waals surface area contributed by atoms with E-state index in [1.807, 2.05) is 13.8 Å². The van der Waals surface area contributed by atoms with Crippen molar-refractivity contribution in [3.8, 4) is 0 Å². The van der Waals surface area contributed by atoms with Crippen LogP contribution in [-0.2, 0) is 0 Å². The van der Waals surface area contributed by atoms with Crippen LogP contribution in [0.5, 0.6) is 0 Å². The van der Waals surface area contributed by atoms with Crippen LogP contribution in [-0.4, -0.2) is 28.3 Å². The molecule has 1 aromatic heterocycles. The van der Waals surface area contributed by atoms with Gasteiger partial charge in [0, 0.05) is 13.1 Å². The summed E-state index contributed by atoms with van der Waals surface area (Å²) in [5.41, 5.74) is 8.81. The summed E-state index contributed by atoms with van der Waals surface area (Å²) >= 11 is 5.25. The molecule has 4 nitrogen and oxygen atoms in total. The maximum Gasteiger partial charge on any atom is 0.161 e. The lowest BCUT2D eigenvalue weighted by atomic mass is 9.96. The van der Waals surface area contributed by atoms with Gasteiger partial charge in [-0.05, 0) is 44.6 Å². The summed E-state index contributed by atoms with van der Waals surface area (Å²) in [7, 11) is 0. The maximum absolute atomic E-state index is 5.94. The van der Waals surface area contributed by atoms with E-state index in [4.69, 9.17) is 18.0 Å². The zero-order valence-electron chi connectivity index (χ0n) is 13.4. The average Bonchev–Trinajstić information content (AvgIpc) is 2.67. The number of hydrogen-bond acceptors (Lipinski definition) is 4. The Hall–Kier alpha value is -1.23. The normalized spacial score (nSPS) is 19.4. The average molecular weight is 306 g/mol. The molecule has 2 N–H and O–H groups in total. The van der Waals surface area contributed by atoms with Crippen LogP contribution in [0.2, 0.25) is 0 Å². The summed E-state index contributed by atoms with van der Waals surface area (Å²) in [6.07, 6.45) is 6.33. The number of thiocarbonyl (C=S) groups is 1. The van der Waals surface area contributed by atoms with Gasteiger partial charge in [0.05, 0.1) is 11.3 Å². The zero-order valence-corrected chi connectivity index (χ0v) is 14.2. The smallest absolute Gasteiger partial charge is 0.161 e. The number of aryl methyl sites for hydroxylation is 1. The van der Waals surface area contributed by atoms with Crippen molar-refractivity contribution in [2.45, 2.75) is 52.9 Å². The molecule has 1 saturated heterocycles. The highest BCUT2D eigenvalue weighted by atomic mass is 32.1. The molecule has 116 valence electrons. The Morgan fingerprint density at radius 1 is 1.29 bits per heavy atom. The lowest BCUT2D eigenvalue weighted by Gasteiger charge is -2.24.